The molecule has 2 heterocycles. The molecule has 2 aliphatic rings. The summed E-state index contributed by atoms with van der Waals surface area (Å²) in [6, 6.07) is 10.7. The third kappa shape index (κ3) is 5.09. The van der Waals surface area contributed by atoms with Gasteiger partial charge in [-0.15, -0.1) is 0 Å². The van der Waals surface area contributed by atoms with Crippen molar-refractivity contribution < 1.29 is 19.5 Å². The number of nitrogens with one attached hydrogen (secondary N) is 4. The first kappa shape index (κ1) is 22.3. The van der Waals surface area contributed by atoms with Crippen molar-refractivity contribution in [2.75, 3.05) is 18.8 Å². The Bertz CT molecular complexity index is 1010. The molecule has 2 aromatic rings. The number of carbonyl (C=O) groups excluding carboxylic acids is 3. The van der Waals surface area contributed by atoms with Gasteiger partial charge in [0.25, 0.3) is 5.91 Å². The van der Waals surface area contributed by atoms with Crippen LogP contribution in [0.4, 0.5) is 4.79 Å². The summed E-state index contributed by atoms with van der Waals surface area (Å²) in [7, 11) is 0. The zero-order chi connectivity index (χ0) is 22.5. The highest BCUT2D eigenvalue weighted by molar-refractivity contribution is 8.00. The van der Waals surface area contributed by atoms with Crippen molar-refractivity contribution in [1.82, 2.24) is 21.3 Å². The summed E-state index contributed by atoms with van der Waals surface area (Å²) >= 11 is 1.88. The summed E-state index contributed by atoms with van der Waals surface area (Å²) in [5, 5.41) is 23.3. The average Bonchev–Trinajstić information content (AvgIpc) is 3.33. The molecule has 2 saturated heterocycles. The van der Waals surface area contributed by atoms with E-state index in [4.69, 9.17) is 0 Å². The monoisotopic (exact) mass is 456 g/mol. The van der Waals surface area contributed by atoms with Crippen LogP contribution in [0, 0.1) is 0 Å². The maximum atomic E-state index is 12.5. The van der Waals surface area contributed by atoms with Crippen molar-refractivity contribution in [2.45, 2.75) is 43.0 Å². The summed E-state index contributed by atoms with van der Waals surface area (Å²) in [5.41, 5.74) is 0.491. The number of carbonyl (C=O) groups is 3. The number of unbranched alkanes of at least 4 members (excludes halogenated alkanes) is 1. The van der Waals surface area contributed by atoms with Crippen LogP contribution in [0.25, 0.3) is 10.8 Å². The molecule has 0 unspecified atom stereocenters. The van der Waals surface area contributed by atoms with E-state index in [1.807, 2.05) is 11.8 Å². The van der Waals surface area contributed by atoms with E-state index in [9.17, 15) is 19.5 Å². The summed E-state index contributed by atoms with van der Waals surface area (Å²) in [6.45, 7) is 0.689. The molecular weight excluding hydrogens is 428 g/mol. The fourth-order valence-corrected chi connectivity index (χ4v) is 5.87. The smallest absolute Gasteiger partial charge is 0.315 e. The first-order valence-corrected chi connectivity index (χ1v) is 12.0. The maximum Gasteiger partial charge on any atom is 0.315 e. The Morgan fingerprint density at radius 3 is 2.69 bits per heavy atom. The van der Waals surface area contributed by atoms with Crippen molar-refractivity contribution in [1.29, 1.82) is 0 Å². The van der Waals surface area contributed by atoms with Gasteiger partial charge in [0.2, 0.25) is 5.91 Å². The molecule has 170 valence electrons. The molecule has 0 spiro atoms. The van der Waals surface area contributed by atoms with Crippen molar-refractivity contribution >= 4 is 40.4 Å². The van der Waals surface area contributed by atoms with Gasteiger partial charge in [0.05, 0.1) is 12.1 Å². The number of hydrogen-bond donors (Lipinski definition) is 5. The second kappa shape index (κ2) is 10.1. The molecule has 4 rings (SSSR count). The van der Waals surface area contributed by atoms with Gasteiger partial charge in [-0.1, -0.05) is 30.7 Å². The van der Waals surface area contributed by atoms with Gasteiger partial charge in [0.15, 0.2) is 0 Å². The Kier molecular flexibility index (Phi) is 7.04. The molecule has 8 nitrogen and oxygen atoms in total. The van der Waals surface area contributed by atoms with Crippen molar-refractivity contribution in [2.24, 2.45) is 0 Å². The molecule has 3 atom stereocenters. The molecule has 2 aromatic carbocycles. The lowest BCUT2D eigenvalue weighted by molar-refractivity contribution is -0.121. The Morgan fingerprint density at radius 1 is 1.03 bits per heavy atom. The normalized spacial score (nSPS) is 21.6. The van der Waals surface area contributed by atoms with Gasteiger partial charge in [0.1, 0.15) is 5.75 Å². The number of urea groups is 1. The quantitative estimate of drug-likeness (QED) is 0.293. The van der Waals surface area contributed by atoms with Gasteiger partial charge in [-0.05, 0) is 30.4 Å². The highest BCUT2D eigenvalue weighted by Gasteiger charge is 2.42. The lowest BCUT2D eigenvalue weighted by atomic mass is 10.0. The number of rotatable bonds is 9. The van der Waals surface area contributed by atoms with Gasteiger partial charge in [0, 0.05) is 41.5 Å². The Morgan fingerprint density at radius 2 is 1.81 bits per heavy atom. The van der Waals surface area contributed by atoms with E-state index < -0.39 is 0 Å². The summed E-state index contributed by atoms with van der Waals surface area (Å²) in [4.78, 5) is 36.0. The first-order chi connectivity index (χ1) is 15.5. The Balaban J connectivity index is 1.12. The van der Waals surface area contributed by atoms with Gasteiger partial charge in [-0.2, -0.15) is 11.8 Å². The standard InChI is InChI=1S/C23H28N4O4S/c28-18-8-4-5-14-15(18)6-3-7-16(14)22(30)25-12-11-24-20(29)10-2-1-9-19-21-17(13-32-19)26-23(31)27-21/h3-8,17,19,21,28H,1-2,9-13H2,(H,24,29)(H,25,30)(H2,26,27,31)/t17-,19-,21-/m0/s1. The van der Waals surface area contributed by atoms with E-state index in [2.05, 4.69) is 21.3 Å². The van der Waals surface area contributed by atoms with E-state index in [0.29, 0.717) is 41.1 Å². The minimum absolute atomic E-state index is 0.0258. The van der Waals surface area contributed by atoms with E-state index in [-0.39, 0.29) is 35.7 Å². The van der Waals surface area contributed by atoms with Crippen molar-refractivity contribution in [3.8, 4) is 5.75 Å². The lowest BCUT2D eigenvalue weighted by Gasteiger charge is -2.16. The average molecular weight is 457 g/mol. The molecule has 2 fully saturated rings. The van der Waals surface area contributed by atoms with Crippen LogP contribution in [0.3, 0.4) is 0 Å². The third-order valence-electron chi connectivity index (χ3n) is 5.96. The molecule has 4 amide bonds. The Hall–Kier alpha value is -2.94. The predicted molar refractivity (Wildman–Crippen MR) is 125 cm³/mol. The van der Waals surface area contributed by atoms with E-state index in [0.717, 1.165) is 25.0 Å². The van der Waals surface area contributed by atoms with Crippen LogP contribution in [0.1, 0.15) is 36.0 Å². The van der Waals surface area contributed by atoms with Crippen molar-refractivity contribution in [3.05, 3.63) is 42.0 Å². The van der Waals surface area contributed by atoms with E-state index >= 15 is 0 Å². The Labute approximate surface area is 190 Å². The van der Waals surface area contributed by atoms with E-state index in [1.165, 1.54) is 0 Å². The van der Waals surface area contributed by atoms with Crippen LogP contribution in [0.5, 0.6) is 5.75 Å². The van der Waals surface area contributed by atoms with Gasteiger partial charge >= 0.3 is 6.03 Å². The number of benzene rings is 2. The molecule has 0 aromatic heterocycles. The number of phenolic OH excluding ortho intramolecular Hbond substituents is 1. The lowest BCUT2D eigenvalue weighted by Crippen LogP contribution is -2.36. The minimum Gasteiger partial charge on any atom is -0.507 e. The van der Waals surface area contributed by atoms with Crippen LogP contribution < -0.4 is 21.3 Å². The van der Waals surface area contributed by atoms with Gasteiger partial charge in [-0.25, -0.2) is 4.79 Å². The topological polar surface area (TPSA) is 120 Å². The predicted octanol–water partition coefficient (Wildman–Crippen LogP) is 2.12. The maximum absolute atomic E-state index is 12.5. The van der Waals surface area contributed by atoms with E-state index in [1.54, 1.807) is 36.4 Å². The molecule has 5 N–H and O–H groups in total. The first-order valence-electron chi connectivity index (χ1n) is 11.0. The fraction of sp³-hybridized carbons (Fsp3) is 0.435. The highest BCUT2D eigenvalue weighted by atomic mass is 32.2. The van der Waals surface area contributed by atoms with Crippen LogP contribution >= 0.6 is 11.8 Å². The summed E-state index contributed by atoms with van der Waals surface area (Å²) < 4.78 is 0. The van der Waals surface area contributed by atoms with Gasteiger partial charge < -0.3 is 26.4 Å². The summed E-state index contributed by atoms with van der Waals surface area (Å²) in [6.07, 6.45) is 3.17. The SMILES string of the molecule is O=C(CCCC[C@@H]1SC[C@@H]2NC(=O)N[C@@H]21)NCCNC(=O)c1cccc2c(O)cccc12. The molecule has 2 aliphatic heterocycles. The van der Waals surface area contributed by atoms with Gasteiger partial charge in [-0.3, -0.25) is 9.59 Å². The van der Waals surface area contributed by atoms with Crippen LogP contribution in [-0.2, 0) is 4.79 Å². The molecule has 0 saturated carbocycles. The second-order valence-electron chi connectivity index (χ2n) is 8.15. The number of phenols is 1. The molecule has 0 radical (unpaired) electrons. The summed E-state index contributed by atoms with van der Waals surface area (Å²) in [5.74, 6) is 0.819. The number of amides is 4. The largest absolute Gasteiger partial charge is 0.507 e. The highest BCUT2D eigenvalue weighted by Crippen LogP contribution is 2.33. The van der Waals surface area contributed by atoms with Crippen molar-refractivity contribution in [3.63, 3.8) is 0 Å². The molecular formula is C23H28N4O4S. The fourth-order valence-electron chi connectivity index (χ4n) is 4.33. The molecule has 32 heavy (non-hydrogen) atoms. The zero-order valence-electron chi connectivity index (χ0n) is 17.7. The number of thioether (sulfide) groups is 1. The third-order valence-corrected chi connectivity index (χ3v) is 7.47. The molecule has 0 bridgehead atoms. The number of hydrogen-bond acceptors (Lipinski definition) is 5. The minimum atomic E-state index is -0.240. The molecule has 0 aliphatic carbocycles. The van der Waals surface area contributed by atoms with Crippen LogP contribution in [-0.4, -0.2) is 59.1 Å². The number of fused-ring (bicyclic) bond motifs is 2. The van der Waals surface area contributed by atoms with Crippen LogP contribution in [0.15, 0.2) is 36.4 Å². The second-order valence-corrected chi connectivity index (χ2v) is 9.42. The molecule has 9 heteroatoms. The number of aromatic hydroxyl groups is 1. The zero-order valence-corrected chi connectivity index (χ0v) is 18.5. The van der Waals surface area contributed by atoms with Crippen LogP contribution in [0.2, 0.25) is 0 Å².